The maximum Gasteiger partial charge on any atom is 0.237 e. The first-order chi connectivity index (χ1) is 13.7. The zero-order valence-electron chi connectivity index (χ0n) is 16.0. The summed E-state index contributed by atoms with van der Waals surface area (Å²) in [6.45, 7) is 2.21. The minimum Gasteiger partial charge on any atom is -0.497 e. The number of methoxy groups -OCH3 is 1. The number of amides is 1. The molecule has 1 amide bonds. The largest absolute Gasteiger partial charge is 0.497 e. The Hall–Kier alpha value is -3.11. The van der Waals surface area contributed by atoms with Crippen molar-refractivity contribution in [3.05, 3.63) is 42.5 Å². The molecule has 1 atom stereocenters. The van der Waals surface area contributed by atoms with Gasteiger partial charge in [0, 0.05) is 25.2 Å². The predicted octanol–water partition coefficient (Wildman–Crippen LogP) is 2.27. The molecular weight excluding hydrogens is 354 g/mol. The minimum absolute atomic E-state index is 0.0105. The zero-order chi connectivity index (χ0) is 19.8. The molecular formula is C21H25N5O2. The molecule has 0 unspecified atom stereocenters. The molecule has 0 radical (unpaired) electrons. The monoisotopic (exact) mass is 379 g/mol. The molecule has 1 saturated heterocycles. The number of benzene rings is 1. The molecule has 1 aliphatic rings. The van der Waals surface area contributed by atoms with Crippen molar-refractivity contribution in [1.82, 2.24) is 15.2 Å². The highest BCUT2D eigenvalue weighted by molar-refractivity contribution is 5.79. The van der Waals surface area contributed by atoms with Gasteiger partial charge in [-0.1, -0.05) is 6.07 Å². The molecule has 0 spiro atoms. The summed E-state index contributed by atoms with van der Waals surface area (Å²) >= 11 is 0. The molecule has 1 fully saturated rings. The number of hydrogen-bond acceptors (Lipinski definition) is 6. The van der Waals surface area contributed by atoms with Gasteiger partial charge >= 0.3 is 0 Å². The molecule has 3 rings (SSSR count). The maximum atomic E-state index is 12.2. The highest BCUT2D eigenvalue weighted by Crippen LogP contribution is 2.21. The Bertz CT molecular complexity index is 831. The number of carbonyl (C=O) groups is 1. The van der Waals surface area contributed by atoms with Crippen LogP contribution in [0.3, 0.4) is 0 Å². The first-order valence-corrected chi connectivity index (χ1v) is 9.46. The quantitative estimate of drug-likeness (QED) is 0.684. The lowest BCUT2D eigenvalue weighted by molar-refractivity contribution is -0.130. The van der Waals surface area contributed by atoms with Gasteiger partial charge in [0.2, 0.25) is 5.91 Å². The Labute approximate surface area is 165 Å². The Balaban J connectivity index is 1.44. The van der Waals surface area contributed by atoms with Crippen molar-refractivity contribution >= 4 is 11.7 Å². The van der Waals surface area contributed by atoms with Crippen molar-refractivity contribution in [2.75, 3.05) is 38.6 Å². The number of carbonyl (C=O) groups excluding carboxylic acids is 1. The lowest BCUT2D eigenvalue weighted by atomic mass is 10.1. The first kappa shape index (κ1) is 19.6. The number of nitrogens with zero attached hydrogens (tertiary/aromatic N) is 3. The molecule has 0 bridgehead atoms. The van der Waals surface area contributed by atoms with Crippen LogP contribution in [0.15, 0.2) is 42.5 Å². The normalized spacial score (nSPS) is 15.9. The van der Waals surface area contributed by atoms with Crippen molar-refractivity contribution in [3.8, 4) is 23.1 Å². The van der Waals surface area contributed by atoms with Gasteiger partial charge in [0.05, 0.1) is 25.4 Å². The van der Waals surface area contributed by atoms with Gasteiger partial charge in [-0.25, -0.2) is 4.98 Å². The summed E-state index contributed by atoms with van der Waals surface area (Å²) in [4.78, 5) is 18.5. The number of hydrogen-bond donors (Lipinski definition) is 2. The van der Waals surface area contributed by atoms with E-state index in [-0.39, 0.29) is 18.5 Å². The smallest absolute Gasteiger partial charge is 0.237 e. The molecule has 1 aromatic heterocycles. The number of pyridine rings is 1. The van der Waals surface area contributed by atoms with Crippen molar-refractivity contribution in [2.45, 2.75) is 18.9 Å². The van der Waals surface area contributed by atoms with Gasteiger partial charge in [0.25, 0.3) is 0 Å². The number of likely N-dealkylation sites (tertiary alicyclic amines) is 1. The average Bonchev–Trinajstić information content (AvgIpc) is 3.23. The van der Waals surface area contributed by atoms with E-state index in [1.165, 1.54) is 0 Å². The number of anilines is 1. The van der Waals surface area contributed by atoms with E-state index in [9.17, 15) is 4.79 Å². The highest BCUT2D eigenvalue weighted by atomic mass is 16.5. The topological polar surface area (TPSA) is 90.3 Å². The van der Waals surface area contributed by atoms with E-state index < -0.39 is 0 Å². The molecule has 28 heavy (non-hydrogen) atoms. The SMILES string of the molecule is COc1ccc(-c2cccc(NCCNCC(=O)N3CCC[C@H]3C#N)n2)cc1. The fraction of sp³-hybridized carbons (Fsp3) is 0.381. The number of nitrogens with one attached hydrogen (secondary N) is 2. The molecule has 2 N–H and O–H groups in total. The third-order valence-corrected chi connectivity index (χ3v) is 4.74. The van der Waals surface area contributed by atoms with Crippen LogP contribution in [-0.2, 0) is 4.79 Å². The molecule has 1 aliphatic heterocycles. The van der Waals surface area contributed by atoms with E-state index in [2.05, 4.69) is 21.7 Å². The van der Waals surface area contributed by atoms with E-state index in [4.69, 9.17) is 10.00 Å². The fourth-order valence-corrected chi connectivity index (χ4v) is 3.23. The Morgan fingerprint density at radius 1 is 1.29 bits per heavy atom. The van der Waals surface area contributed by atoms with Gasteiger partial charge in [0.1, 0.15) is 17.6 Å². The van der Waals surface area contributed by atoms with Crippen molar-refractivity contribution < 1.29 is 9.53 Å². The van der Waals surface area contributed by atoms with Crippen LogP contribution in [0, 0.1) is 11.3 Å². The van der Waals surface area contributed by atoms with E-state index in [1.807, 2.05) is 42.5 Å². The van der Waals surface area contributed by atoms with E-state index in [0.29, 0.717) is 19.6 Å². The second-order valence-corrected chi connectivity index (χ2v) is 6.61. The van der Waals surface area contributed by atoms with Gasteiger partial charge in [-0.15, -0.1) is 0 Å². The standard InChI is InChI=1S/C21H25N5O2/c1-28-18-9-7-16(8-10-18)19-5-2-6-20(25-19)24-12-11-23-15-21(27)26-13-3-4-17(26)14-22/h2,5-10,17,23H,3-4,11-13,15H2,1H3,(H,24,25)/t17-/m0/s1. The second-order valence-electron chi connectivity index (χ2n) is 6.61. The van der Waals surface area contributed by atoms with Gasteiger partial charge in [0.15, 0.2) is 0 Å². The van der Waals surface area contributed by atoms with Gasteiger partial charge in [-0.2, -0.15) is 5.26 Å². The molecule has 2 aromatic rings. The van der Waals surface area contributed by atoms with Crippen LogP contribution in [0.2, 0.25) is 0 Å². The fourth-order valence-electron chi connectivity index (χ4n) is 3.23. The molecule has 0 saturated carbocycles. The Morgan fingerprint density at radius 3 is 2.86 bits per heavy atom. The molecule has 146 valence electrons. The van der Waals surface area contributed by atoms with Crippen molar-refractivity contribution in [3.63, 3.8) is 0 Å². The summed E-state index contributed by atoms with van der Waals surface area (Å²) in [6.07, 6.45) is 1.68. The summed E-state index contributed by atoms with van der Waals surface area (Å²) < 4.78 is 5.18. The molecule has 1 aromatic carbocycles. The Morgan fingerprint density at radius 2 is 2.11 bits per heavy atom. The number of ether oxygens (including phenoxy) is 1. The van der Waals surface area contributed by atoms with Crippen LogP contribution in [0.1, 0.15) is 12.8 Å². The van der Waals surface area contributed by atoms with Crippen molar-refractivity contribution in [2.24, 2.45) is 0 Å². The average molecular weight is 379 g/mol. The van der Waals surface area contributed by atoms with Crippen LogP contribution in [-0.4, -0.2) is 55.1 Å². The third kappa shape index (κ3) is 4.99. The van der Waals surface area contributed by atoms with Crippen LogP contribution in [0.5, 0.6) is 5.75 Å². The lowest BCUT2D eigenvalue weighted by Crippen LogP contribution is -2.41. The number of nitriles is 1. The molecule has 2 heterocycles. The number of aromatic nitrogens is 1. The summed E-state index contributed by atoms with van der Waals surface area (Å²) in [6, 6.07) is 15.5. The lowest BCUT2D eigenvalue weighted by Gasteiger charge is -2.19. The van der Waals surface area contributed by atoms with Crippen LogP contribution in [0.4, 0.5) is 5.82 Å². The Kier molecular flexibility index (Phi) is 6.82. The molecule has 7 nitrogen and oxygen atoms in total. The predicted molar refractivity (Wildman–Crippen MR) is 108 cm³/mol. The molecule has 0 aliphatic carbocycles. The highest BCUT2D eigenvalue weighted by Gasteiger charge is 2.27. The minimum atomic E-state index is -0.266. The van der Waals surface area contributed by atoms with Gasteiger partial charge in [-0.05, 0) is 49.2 Å². The van der Waals surface area contributed by atoms with Gasteiger partial charge < -0.3 is 20.3 Å². The summed E-state index contributed by atoms with van der Waals surface area (Å²) in [5.74, 6) is 1.59. The maximum absolute atomic E-state index is 12.2. The first-order valence-electron chi connectivity index (χ1n) is 9.46. The molecule has 7 heteroatoms. The number of rotatable bonds is 8. The summed E-state index contributed by atoms with van der Waals surface area (Å²) in [7, 11) is 1.65. The van der Waals surface area contributed by atoms with Crippen LogP contribution in [0.25, 0.3) is 11.3 Å². The zero-order valence-corrected chi connectivity index (χ0v) is 16.0. The van der Waals surface area contributed by atoms with Crippen molar-refractivity contribution in [1.29, 1.82) is 5.26 Å². The third-order valence-electron chi connectivity index (χ3n) is 4.74. The van der Waals surface area contributed by atoms with Gasteiger partial charge in [-0.3, -0.25) is 4.79 Å². The summed E-state index contributed by atoms with van der Waals surface area (Å²) in [5, 5.41) is 15.5. The van der Waals surface area contributed by atoms with Crippen LogP contribution >= 0.6 is 0 Å². The van der Waals surface area contributed by atoms with E-state index in [1.54, 1.807) is 12.0 Å². The second kappa shape index (κ2) is 9.72. The van der Waals surface area contributed by atoms with E-state index >= 15 is 0 Å². The van der Waals surface area contributed by atoms with E-state index in [0.717, 1.165) is 35.7 Å². The van der Waals surface area contributed by atoms with Crippen LogP contribution < -0.4 is 15.4 Å². The summed E-state index contributed by atoms with van der Waals surface area (Å²) in [5.41, 5.74) is 1.90.